The molecule has 0 atom stereocenters. The number of hydrogen-bond donors (Lipinski definition) is 0. The van der Waals surface area contributed by atoms with Crippen LogP contribution in [-0.4, -0.2) is 53.1 Å². The first kappa shape index (κ1) is 13.6. The third kappa shape index (κ3) is 2.59. The highest BCUT2D eigenvalue weighted by atomic mass is 16.5. The maximum Gasteiger partial charge on any atom is 0.276 e. The molecule has 0 aliphatic carbocycles. The van der Waals surface area contributed by atoms with Crippen molar-refractivity contribution in [1.82, 2.24) is 15.0 Å². The molecular formula is C15H23N3O2. The van der Waals surface area contributed by atoms with Crippen LogP contribution in [0.3, 0.4) is 0 Å². The number of rotatable bonds is 3. The fourth-order valence-electron chi connectivity index (χ4n) is 2.96. The van der Waals surface area contributed by atoms with E-state index in [4.69, 9.17) is 4.52 Å². The molecule has 1 amide bonds. The first-order chi connectivity index (χ1) is 9.65. The normalized spacial score (nSPS) is 21.2. The lowest BCUT2D eigenvalue weighted by Gasteiger charge is -2.46. The molecule has 2 saturated heterocycles. The maximum absolute atomic E-state index is 12.3. The van der Waals surface area contributed by atoms with E-state index < -0.39 is 0 Å². The number of aromatic nitrogens is 1. The van der Waals surface area contributed by atoms with Gasteiger partial charge in [0.25, 0.3) is 5.91 Å². The fraction of sp³-hybridized carbons (Fsp3) is 0.733. The predicted octanol–water partition coefficient (Wildman–Crippen LogP) is 2.11. The van der Waals surface area contributed by atoms with Crippen molar-refractivity contribution in [2.75, 3.05) is 26.2 Å². The molecule has 2 fully saturated rings. The van der Waals surface area contributed by atoms with Gasteiger partial charge in [0, 0.05) is 31.1 Å². The van der Waals surface area contributed by atoms with Crippen molar-refractivity contribution < 1.29 is 9.32 Å². The smallest absolute Gasteiger partial charge is 0.276 e. The second-order valence-corrected chi connectivity index (χ2v) is 6.23. The van der Waals surface area contributed by atoms with Crippen LogP contribution in [0.25, 0.3) is 0 Å². The molecule has 2 aliphatic heterocycles. The fourth-order valence-corrected chi connectivity index (χ4v) is 2.96. The highest BCUT2D eigenvalue weighted by molar-refractivity contribution is 5.92. The van der Waals surface area contributed by atoms with Gasteiger partial charge < -0.3 is 9.42 Å². The quantitative estimate of drug-likeness (QED) is 0.849. The van der Waals surface area contributed by atoms with Gasteiger partial charge in [-0.05, 0) is 25.9 Å². The molecule has 0 bridgehead atoms. The van der Waals surface area contributed by atoms with Crippen molar-refractivity contribution in [3.8, 4) is 0 Å². The number of amides is 1. The SMILES string of the molecule is CC(C)c1cc(C(=O)N2CC(N3CCCCC3)C2)no1. The molecule has 1 aromatic heterocycles. The van der Waals surface area contributed by atoms with Crippen molar-refractivity contribution in [3.05, 3.63) is 17.5 Å². The van der Waals surface area contributed by atoms with Gasteiger partial charge in [-0.1, -0.05) is 25.4 Å². The number of hydrogen-bond acceptors (Lipinski definition) is 4. The minimum Gasteiger partial charge on any atom is -0.360 e. The van der Waals surface area contributed by atoms with Gasteiger partial charge in [0.15, 0.2) is 5.69 Å². The number of nitrogens with zero attached hydrogens (tertiary/aromatic N) is 3. The lowest BCUT2D eigenvalue weighted by atomic mass is 10.0. The van der Waals surface area contributed by atoms with Crippen LogP contribution < -0.4 is 0 Å². The van der Waals surface area contributed by atoms with Gasteiger partial charge in [-0.25, -0.2) is 0 Å². The molecule has 0 N–H and O–H groups in total. The van der Waals surface area contributed by atoms with E-state index in [9.17, 15) is 4.79 Å². The van der Waals surface area contributed by atoms with Crippen LogP contribution in [0.5, 0.6) is 0 Å². The summed E-state index contributed by atoms with van der Waals surface area (Å²) in [7, 11) is 0. The average Bonchev–Trinajstić information content (AvgIpc) is 2.88. The first-order valence-electron chi connectivity index (χ1n) is 7.65. The Morgan fingerprint density at radius 3 is 2.60 bits per heavy atom. The van der Waals surface area contributed by atoms with Crippen LogP contribution in [0.1, 0.15) is 55.3 Å². The number of piperidine rings is 1. The summed E-state index contributed by atoms with van der Waals surface area (Å²) in [5.41, 5.74) is 0.450. The second-order valence-electron chi connectivity index (χ2n) is 6.23. The number of carbonyl (C=O) groups is 1. The third-order valence-corrected chi connectivity index (χ3v) is 4.37. The summed E-state index contributed by atoms with van der Waals surface area (Å²) in [6.07, 6.45) is 3.94. The number of carbonyl (C=O) groups excluding carboxylic acids is 1. The molecule has 110 valence electrons. The minimum absolute atomic E-state index is 0.00825. The minimum atomic E-state index is 0.00825. The summed E-state index contributed by atoms with van der Waals surface area (Å²) in [6, 6.07) is 2.33. The highest BCUT2D eigenvalue weighted by Crippen LogP contribution is 2.22. The van der Waals surface area contributed by atoms with Crippen molar-refractivity contribution >= 4 is 5.91 Å². The summed E-state index contributed by atoms with van der Waals surface area (Å²) >= 11 is 0. The van der Waals surface area contributed by atoms with E-state index in [0.29, 0.717) is 11.7 Å². The lowest BCUT2D eigenvalue weighted by Crippen LogP contribution is -2.61. The van der Waals surface area contributed by atoms with E-state index in [0.717, 1.165) is 18.8 Å². The Balaban J connectivity index is 1.54. The van der Waals surface area contributed by atoms with Gasteiger partial charge in [0.1, 0.15) is 5.76 Å². The van der Waals surface area contributed by atoms with Crippen molar-refractivity contribution in [2.45, 2.75) is 45.1 Å². The molecule has 0 spiro atoms. The summed E-state index contributed by atoms with van der Waals surface area (Å²) in [5.74, 6) is 1.05. The van der Waals surface area contributed by atoms with Crippen LogP contribution >= 0.6 is 0 Å². The van der Waals surface area contributed by atoms with Crippen molar-refractivity contribution in [2.24, 2.45) is 0 Å². The largest absolute Gasteiger partial charge is 0.360 e. The van der Waals surface area contributed by atoms with Crippen LogP contribution in [0.4, 0.5) is 0 Å². The Morgan fingerprint density at radius 1 is 1.30 bits per heavy atom. The van der Waals surface area contributed by atoms with Gasteiger partial charge >= 0.3 is 0 Å². The van der Waals surface area contributed by atoms with E-state index in [2.05, 4.69) is 10.1 Å². The molecule has 0 unspecified atom stereocenters. The molecule has 0 aromatic carbocycles. The zero-order chi connectivity index (χ0) is 14.1. The molecule has 1 aromatic rings. The molecular weight excluding hydrogens is 254 g/mol. The Hall–Kier alpha value is -1.36. The third-order valence-electron chi connectivity index (χ3n) is 4.37. The van der Waals surface area contributed by atoms with Gasteiger partial charge in [0.2, 0.25) is 0 Å². The van der Waals surface area contributed by atoms with E-state index in [1.165, 1.54) is 32.4 Å². The van der Waals surface area contributed by atoms with Gasteiger partial charge in [-0.2, -0.15) is 0 Å². The first-order valence-corrected chi connectivity index (χ1v) is 7.65. The Labute approximate surface area is 119 Å². The van der Waals surface area contributed by atoms with Crippen LogP contribution in [0, 0.1) is 0 Å². The molecule has 3 rings (SSSR count). The van der Waals surface area contributed by atoms with E-state index in [1.54, 1.807) is 6.07 Å². The van der Waals surface area contributed by atoms with Crippen LogP contribution in [0.2, 0.25) is 0 Å². The maximum atomic E-state index is 12.3. The standard InChI is InChI=1S/C15H23N3O2/c1-11(2)14-8-13(16-20-14)15(19)18-9-12(10-18)17-6-4-3-5-7-17/h8,11-12H,3-7,9-10H2,1-2H3. The number of likely N-dealkylation sites (tertiary alicyclic amines) is 2. The predicted molar refractivity (Wildman–Crippen MR) is 75.7 cm³/mol. The summed E-state index contributed by atoms with van der Waals surface area (Å²) in [6.45, 7) is 8.11. The average molecular weight is 277 g/mol. The zero-order valence-corrected chi connectivity index (χ0v) is 12.3. The van der Waals surface area contributed by atoms with E-state index in [1.807, 2.05) is 18.7 Å². The molecule has 2 aliphatic rings. The molecule has 3 heterocycles. The van der Waals surface area contributed by atoms with Crippen molar-refractivity contribution in [3.63, 3.8) is 0 Å². The highest BCUT2D eigenvalue weighted by Gasteiger charge is 2.36. The molecule has 20 heavy (non-hydrogen) atoms. The van der Waals surface area contributed by atoms with Gasteiger partial charge in [-0.3, -0.25) is 9.69 Å². The summed E-state index contributed by atoms with van der Waals surface area (Å²) in [5, 5.41) is 3.90. The molecule has 0 radical (unpaired) electrons. The van der Waals surface area contributed by atoms with Crippen LogP contribution in [0.15, 0.2) is 10.6 Å². The topological polar surface area (TPSA) is 49.6 Å². The Morgan fingerprint density at radius 2 is 2.00 bits per heavy atom. The second kappa shape index (κ2) is 5.56. The Kier molecular flexibility index (Phi) is 3.78. The van der Waals surface area contributed by atoms with Gasteiger partial charge in [0.05, 0.1) is 0 Å². The molecule has 5 heteroatoms. The molecule has 0 saturated carbocycles. The van der Waals surface area contributed by atoms with E-state index >= 15 is 0 Å². The molecule has 5 nitrogen and oxygen atoms in total. The summed E-state index contributed by atoms with van der Waals surface area (Å²) < 4.78 is 5.20. The zero-order valence-electron chi connectivity index (χ0n) is 12.3. The van der Waals surface area contributed by atoms with Gasteiger partial charge in [-0.15, -0.1) is 0 Å². The van der Waals surface area contributed by atoms with E-state index in [-0.39, 0.29) is 11.8 Å². The monoisotopic (exact) mass is 277 g/mol. The van der Waals surface area contributed by atoms with Crippen molar-refractivity contribution in [1.29, 1.82) is 0 Å². The Bertz CT molecular complexity index is 471. The lowest BCUT2D eigenvalue weighted by molar-refractivity contribution is 0.0196. The summed E-state index contributed by atoms with van der Waals surface area (Å²) in [4.78, 5) is 16.7. The van der Waals surface area contributed by atoms with Crippen LogP contribution in [-0.2, 0) is 0 Å².